The quantitative estimate of drug-likeness (QED) is 0.382. The normalized spacial score (nSPS) is 11.4. The Morgan fingerprint density at radius 3 is 2.00 bits per heavy atom. The van der Waals surface area contributed by atoms with Crippen molar-refractivity contribution >= 4 is 45.7 Å². The first-order chi connectivity index (χ1) is 13.7. The molecule has 0 N–H and O–H groups in total. The van der Waals surface area contributed by atoms with E-state index in [4.69, 9.17) is 0 Å². The van der Waals surface area contributed by atoms with Crippen molar-refractivity contribution in [1.29, 1.82) is 0 Å². The molecule has 0 amide bonds. The van der Waals surface area contributed by atoms with Gasteiger partial charge in [0.05, 0.1) is 0 Å². The number of aromatic nitrogens is 2. The molecule has 2 aromatic carbocycles. The van der Waals surface area contributed by atoms with E-state index in [1.165, 1.54) is 4.90 Å². The Kier molecular flexibility index (Phi) is 6.30. The zero-order valence-corrected chi connectivity index (χ0v) is 18.4. The number of anilines is 4. The lowest BCUT2D eigenvalue weighted by Gasteiger charge is -2.25. The fourth-order valence-electron chi connectivity index (χ4n) is 2.84. The fourth-order valence-corrected chi connectivity index (χ4v) is 3.20. The number of aryl methyl sites for hydroxylation is 1. The molecule has 0 unspecified atom stereocenters. The molecule has 0 atom stereocenters. The molecule has 0 aliphatic carbocycles. The topological polar surface area (TPSA) is 32.3 Å². The number of hydrogen-bond donors (Lipinski definition) is 0. The summed E-state index contributed by atoms with van der Waals surface area (Å²) in [7, 11) is 3.30. The molecule has 0 spiro atoms. The van der Waals surface area contributed by atoms with E-state index in [0.717, 1.165) is 27.4 Å². The van der Waals surface area contributed by atoms with Crippen LogP contribution in [0.4, 0.5) is 36.3 Å². The third kappa shape index (κ3) is 4.80. The van der Waals surface area contributed by atoms with Crippen LogP contribution in [0.1, 0.15) is 18.1 Å². The van der Waals surface area contributed by atoms with Crippen LogP contribution in [0.3, 0.4) is 0 Å². The van der Waals surface area contributed by atoms with Crippen molar-refractivity contribution in [2.24, 2.45) is 0 Å². The number of hydrogen-bond acceptors (Lipinski definition) is 4. The minimum atomic E-state index is -4.56. The average molecular weight is 512 g/mol. The molecule has 152 valence electrons. The van der Waals surface area contributed by atoms with E-state index in [1.807, 2.05) is 43.3 Å². The Morgan fingerprint density at radius 1 is 0.897 bits per heavy atom. The Balaban J connectivity index is 2.04. The van der Waals surface area contributed by atoms with Crippen molar-refractivity contribution in [3.05, 3.63) is 69.4 Å². The van der Waals surface area contributed by atoms with Gasteiger partial charge in [-0.3, -0.25) is 0 Å². The smallest absolute Gasteiger partial charge is 0.329 e. The second-order valence-corrected chi connectivity index (χ2v) is 7.77. The highest BCUT2D eigenvalue weighted by Crippen LogP contribution is 2.38. The van der Waals surface area contributed by atoms with Gasteiger partial charge in [0.1, 0.15) is 5.56 Å². The maximum absolute atomic E-state index is 13.6. The Labute approximate surface area is 181 Å². The van der Waals surface area contributed by atoms with Gasteiger partial charge in [0.15, 0.2) is 5.82 Å². The summed E-state index contributed by atoms with van der Waals surface area (Å²) in [6, 6.07) is 15.0. The predicted molar refractivity (Wildman–Crippen MR) is 118 cm³/mol. The summed E-state index contributed by atoms with van der Waals surface area (Å²) < 4.78 is 41.9. The number of benzene rings is 2. The molecule has 1 heterocycles. The molecular formula is C21H20F3IN4. The van der Waals surface area contributed by atoms with E-state index < -0.39 is 11.7 Å². The van der Waals surface area contributed by atoms with E-state index in [1.54, 1.807) is 31.1 Å². The SMILES string of the molecule is CCc1ccc(N(C)c2nc(N(C)c3ccc(I)cc3)ncc2C(F)(F)F)cc1. The molecule has 3 aromatic rings. The third-order valence-corrected chi connectivity index (χ3v) is 5.34. The summed E-state index contributed by atoms with van der Waals surface area (Å²) in [5, 5.41) is 0. The molecule has 4 nitrogen and oxygen atoms in total. The zero-order chi connectivity index (χ0) is 21.2. The highest BCUT2D eigenvalue weighted by atomic mass is 127. The van der Waals surface area contributed by atoms with E-state index >= 15 is 0 Å². The van der Waals surface area contributed by atoms with Gasteiger partial charge in [0.25, 0.3) is 0 Å². The highest BCUT2D eigenvalue weighted by Gasteiger charge is 2.37. The van der Waals surface area contributed by atoms with Gasteiger partial charge in [-0.15, -0.1) is 0 Å². The third-order valence-electron chi connectivity index (χ3n) is 4.62. The molecule has 0 fully saturated rings. The van der Waals surface area contributed by atoms with Crippen LogP contribution < -0.4 is 9.80 Å². The van der Waals surface area contributed by atoms with Crippen LogP contribution in [0.25, 0.3) is 0 Å². The van der Waals surface area contributed by atoms with Gasteiger partial charge in [0.2, 0.25) is 5.95 Å². The van der Waals surface area contributed by atoms with E-state index in [-0.39, 0.29) is 11.8 Å². The molecule has 8 heteroatoms. The Morgan fingerprint density at radius 2 is 1.45 bits per heavy atom. The lowest BCUT2D eigenvalue weighted by atomic mass is 10.1. The summed E-state index contributed by atoms with van der Waals surface area (Å²) in [6.07, 6.45) is -2.86. The first kappa shape index (κ1) is 21.4. The van der Waals surface area contributed by atoms with Crippen LogP contribution in [0.15, 0.2) is 54.7 Å². The monoisotopic (exact) mass is 512 g/mol. The minimum absolute atomic E-state index is 0.186. The number of nitrogens with zero attached hydrogens (tertiary/aromatic N) is 4. The van der Waals surface area contributed by atoms with Gasteiger partial charge in [-0.2, -0.15) is 18.2 Å². The van der Waals surface area contributed by atoms with Crippen LogP contribution >= 0.6 is 22.6 Å². The maximum Gasteiger partial charge on any atom is 0.421 e. The van der Waals surface area contributed by atoms with Crippen LogP contribution in [0.5, 0.6) is 0 Å². The second kappa shape index (κ2) is 8.56. The Hall–Kier alpha value is -2.36. The Bertz CT molecular complexity index is 973. The molecule has 0 aliphatic heterocycles. The van der Waals surface area contributed by atoms with Crippen molar-refractivity contribution in [3.8, 4) is 0 Å². The number of rotatable bonds is 5. The van der Waals surface area contributed by atoms with Crippen LogP contribution in [0, 0.1) is 3.57 Å². The number of halogens is 4. The van der Waals surface area contributed by atoms with Crippen molar-refractivity contribution in [2.45, 2.75) is 19.5 Å². The fraction of sp³-hybridized carbons (Fsp3) is 0.238. The summed E-state index contributed by atoms with van der Waals surface area (Å²) in [4.78, 5) is 11.4. The van der Waals surface area contributed by atoms with Gasteiger partial charge in [0, 0.05) is 35.2 Å². The van der Waals surface area contributed by atoms with Gasteiger partial charge >= 0.3 is 6.18 Å². The van der Waals surface area contributed by atoms with Crippen molar-refractivity contribution in [1.82, 2.24) is 9.97 Å². The van der Waals surface area contributed by atoms with E-state index in [2.05, 4.69) is 32.6 Å². The number of alkyl halides is 3. The summed E-state index contributed by atoms with van der Waals surface area (Å²) in [5.74, 6) is -0.00431. The second-order valence-electron chi connectivity index (χ2n) is 6.52. The molecule has 29 heavy (non-hydrogen) atoms. The molecule has 0 saturated carbocycles. The van der Waals surface area contributed by atoms with E-state index in [0.29, 0.717) is 5.69 Å². The van der Waals surface area contributed by atoms with Gasteiger partial charge in [-0.25, -0.2) is 4.98 Å². The van der Waals surface area contributed by atoms with E-state index in [9.17, 15) is 13.2 Å². The largest absolute Gasteiger partial charge is 0.421 e. The highest BCUT2D eigenvalue weighted by molar-refractivity contribution is 14.1. The lowest BCUT2D eigenvalue weighted by molar-refractivity contribution is -0.137. The predicted octanol–water partition coefficient (Wildman–Crippen LogP) is 6.20. The first-order valence-electron chi connectivity index (χ1n) is 8.97. The maximum atomic E-state index is 13.6. The standard InChI is InChI=1S/C21H20F3IN4/c1-4-14-5-9-16(10-6-14)28(2)19-18(21(22,23)24)13-26-20(27-19)29(3)17-11-7-15(25)8-12-17/h5-13H,4H2,1-3H3. The summed E-state index contributed by atoms with van der Waals surface area (Å²) >= 11 is 2.19. The molecule has 0 bridgehead atoms. The van der Waals surface area contributed by atoms with Crippen LogP contribution in [0.2, 0.25) is 0 Å². The van der Waals surface area contributed by atoms with Gasteiger partial charge in [-0.05, 0) is 71.0 Å². The minimum Gasteiger partial charge on any atom is -0.329 e. The van der Waals surface area contributed by atoms with Crippen molar-refractivity contribution < 1.29 is 13.2 Å². The molecule has 0 saturated heterocycles. The average Bonchev–Trinajstić information content (AvgIpc) is 2.72. The first-order valence-corrected chi connectivity index (χ1v) is 10.0. The summed E-state index contributed by atoms with van der Waals surface area (Å²) in [5.41, 5.74) is 1.64. The summed E-state index contributed by atoms with van der Waals surface area (Å²) in [6.45, 7) is 2.03. The van der Waals surface area contributed by atoms with Crippen LogP contribution in [-0.2, 0) is 12.6 Å². The molecule has 1 aromatic heterocycles. The van der Waals surface area contributed by atoms with Gasteiger partial charge in [-0.1, -0.05) is 19.1 Å². The molecule has 0 aliphatic rings. The lowest BCUT2D eigenvalue weighted by Crippen LogP contribution is -2.21. The molecule has 3 rings (SSSR count). The zero-order valence-electron chi connectivity index (χ0n) is 16.2. The van der Waals surface area contributed by atoms with Crippen molar-refractivity contribution in [3.63, 3.8) is 0 Å². The van der Waals surface area contributed by atoms with Crippen LogP contribution in [-0.4, -0.2) is 24.1 Å². The molecular weight excluding hydrogens is 492 g/mol. The van der Waals surface area contributed by atoms with Crippen molar-refractivity contribution in [2.75, 3.05) is 23.9 Å². The molecule has 0 radical (unpaired) electrons. The van der Waals surface area contributed by atoms with Gasteiger partial charge < -0.3 is 9.80 Å².